The van der Waals surface area contributed by atoms with Crippen molar-refractivity contribution in [3.05, 3.63) is 45.7 Å². The van der Waals surface area contributed by atoms with Gasteiger partial charge in [0, 0.05) is 14.2 Å². The number of halogens is 1. The van der Waals surface area contributed by atoms with Gasteiger partial charge in [0.05, 0.1) is 6.21 Å². The predicted molar refractivity (Wildman–Crippen MR) is 85.0 cm³/mol. The van der Waals surface area contributed by atoms with Crippen LogP contribution < -0.4 is 11.2 Å². The first-order valence-corrected chi connectivity index (χ1v) is 7.11. The average molecular weight is 340 g/mol. The van der Waals surface area contributed by atoms with E-state index in [-0.39, 0.29) is 5.11 Å². The van der Waals surface area contributed by atoms with Crippen LogP contribution in [0.4, 0.5) is 0 Å². The molecule has 0 amide bonds. The van der Waals surface area contributed by atoms with Crippen LogP contribution in [0.5, 0.6) is 0 Å². The van der Waals surface area contributed by atoms with E-state index in [1.807, 2.05) is 18.2 Å². The summed E-state index contributed by atoms with van der Waals surface area (Å²) in [6.07, 6.45) is 1.70. The molecule has 2 rings (SSSR count). The van der Waals surface area contributed by atoms with Gasteiger partial charge in [-0.15, -0.1) is 11.3 Å². The number of nitrogens with zero attached hydrogens (tertiary/aromatic N) is 1. The van der Waals surface area contributed by atoms with Gasteiger partial charge in [-0.05, 0) is 42.0 Å². The van der Waals surface area contributed by atoms with Gasteiger partial charge in [0.2, 0.25) is 0 Å². The molecule has 3 N–H and O–H groups in total. The van der Waals surface area contributed by atoms with Gasteiger partial charge in [0.1, 0.15) is 0 Å². The molecule has 0 radical (unpaired) electrons. The Kier molecular flexibility index (Phi) is 4.46. The fraction of sp³-hybridized carbons (Fsp3) is 0. The van der Waals surface area contributed by atoms with E-state index in [1.165, 1.54) is 10.4 Å². The molecule has 0 saturated carbocycles. The lowest BCUT2D eigenvalue weighted by Gasteiger charge is -1.97. The highest BCUT2D eigenvalue weighted by molar-refractivity contribution is 9.10. The maximum Gasteiger partial charge on any atom is 0.184 e. The van der Waals surface area contributed by atoms with Crippen molar-refractivity contribution in [2.24, 2.45) is 10.8 Å². The normalized spacial score (nSPS) is 10.7. The van der Waals surface area contributed by atoms with Crippen molar-refractivity contribution in [2.45, 2.75) is 0 Å². The van der Waals surface area contributed by atoms with Crippen molar-refractivity contribution in [3.8, 4) is 10.4 Å². The van der Waals surface area contributed by atoms with E-state index in [9.17, 15) is 0 Å². The van der Waals surface area contributed by atoms with Crippen LogP contribution in [0.1, 0.15) is 4.88 Å². The topological polar surface area (TPSA) is 50.4 Å². The number of nitrogens with two attached hydrogens (primary N) is 1. The number of thiocarbonyl (C=S) groups is 1. The molecule has 1 heterocycles. The van der Waals surface area contributed by atoms with Crippen LogP contribution in [0.25, 0.3) is 10.4 Å². The molecular weight excluding hydrogens is 330 g/mol. The van der Waals surface area contributed by atoms with Crippen LogP contribution in [0.2, 0.25) is 0 Å². The van der Waals surface area contributed by atoms with Gasteiger partial charge in [0.15, 0.2) is 5.11 Å². The minimum absolute atomic E-state index is 0.162. The average Bonchev–Trinajstić information content (AvgIpc) is 2.77. The summed E-state index contributed by atoms with van der Waals surface area (Å²) in [4.78, 5) is 2.22. The first-order chi connectivity index (χ1) is 8.65. The lowest BCUT2D eigenvalue weighted by atomic mass is 10.2. The third kappa shape index (κ3) is 3.63. The highest BCUT2D eigenvalue weighted by Crippen LogP contribution is 2.29. The van der Waals surface area contributed by atoms with Gasteiger partial charge in [-0.25, -0.2) is 0 Å². The second kappa shape index (κ2) is 6.08. The summed E-state index contributed by atoms with van der Waals surface area (Å²) in [6.45, 7) is 0. The maximum absolute atomic E-state index is 5.27. The van der Waals surface area contributed by atoms with E-state index in [0.29, 0.717) is 0 Å². The minimum atomic E-state index is 0.162. The van der Waals surface area contributed by atoms with Gasteiger partial charge in [0.25, 0.3) is 0 Å². The lowest BCUT2D eigenvalue weighted by molar-refractivity contribution is 1.04. The Bertz CT molecular complexity index is 593. The van der Waals surface area contributed by atoms with Crippen molar-refractivity contribution >= 4 is 50.8 Å². The molecule has 18 heavy (non-hydrogen) atoms. The molecular formula is C12H10BrN3S2. The van der Waals surface area contributed by atoms with E-state index in [4.69, 9.17) is 5.73 Å². The van der Waals surface area contributed by atoms with Crippen LogP contribution >= 0.6 is 39.5 Å². The Morgan fingerprint density at radius 3 is 2.94 bits per heavy atom. The number of hydrogen-bond acceptors (Lipinski definition) is 3. The predicted octanol–water partition coefficient (Wildman–Crippen LogP) is 3.34. The fourth-order valence-corrected chi connectivity index (χ4v) is 2.71. The Balaban J connectivity index is 2.15. The highest BCUT2D eigenvalue weighted by atomic mass is 79.9. The van der Waals surface area contributed by atoms with Crippen LogP contribution in [-0.4, -0.2) is 11.3 Å². The lowest BCUT2D eigenvalue weighted by Crippen LogP contribution is -2.23. The Morgan fingerprint density at radius 2 is 2.22 bits per heavy atom. The van der Waals surface area contributed by atoms with E-state index in [2.05, 4.69) is 56.9 Å². The summed E-state index contributed by atoms with van der Waals surface area (Å²) in [5, 5.41) is 4.09. The summed E-state index contributed by atoms with van der Waals surface area (Å²) in [7, 11) is 0. The molecule has 0 atom stereocenters. The van der Waals surface area contributed by atoms with Gasteiger partial charge < -0.3 is 5.73 Å². The second-order valence-electron chi connectivity index (χ2n) is 3.45. The Labute approximate surface area is 123 Å². The fourth-order valence-electron chi connectivity index (χ4n) is 1.38. The molecule has 0 bridgehead atoms. The highest BCUT2D eigenvalue weighted by Gasteiger charge is 2.01. The van der Waals surface area contributed by atoms with E-state index < -0.39 is 0 Å². The molecule has 0 unspecified atom stereocenters. The van der Waals surface area contributed by atoms with Crippen LogP contribution in [0, 0.1) is 0 Å². The van der Waals surface area contributed by atoms with Crippen LogP contribution in [0.15, 0.2) is 46.0 Å². The molecule has 92 valence electrons. The molecule has 0 spiro atoms. The summed E-state index contributed by atoms with van der Waals surface area (Å²) < 4.78 is 1.07. The third-order valence-electron chi connectivity index (χ3n) is 2.10. The van der Waals surface area contributed by atoms with Gasteiger partial charge in [-0.1, -0.05) is 28.1 Å². The molecule has 0 aliphatic heterocycles. The molecule has 2 aromatic rings. The quantitative estimate of drug-likeness (QED) is 0.512. The van der Waals surface area contributed by atoms with Crippen molar-refractivity contribution in [2.75, 3.05) is 0 Å². The molecule has 0 fully saturated rings. The molecule has 6 heteroatoms. The summed E-state index contributed by atoms with van der Waals surface area (Å²) >= 11 is 9.77. The van der Waals surface area contributed by atoms with E-state index in [1.54, 1.807) is 17.6 Å². The summed E-state index contributed by atoms with van der Waals surface area (Å²) in [5.74, 6) is 0. The van der Waals surface area contributed by atoms with Gasteiger partial charge in [-0.3, -0.25) is 5.43 Å². The zero-order valence-corrected chi connectivity index (χ0v) is 12.5. The van der Waals surface area contributed by atoms with Crippen molar-refractivity contribution in [3.63, 3.8) is 0 Å². The molecule has 0 aliphatic carbocycles. The van der Waals surface area contributed by atoms with Gasteiger partial charge >= 0.3 is 0 Å². The van der Waals surface area contributed by atoms with Gasteiger partial charge in [-0.2, -0.15) is 5.10 Å². The monoisotopic (exact) mass is 339 g/mol. The second-order valence-corrected chi connectivity index (χ2v) is 5.92. The van der Waals surface area contributed by atoms with E-state index in [0.717, 1.165) is 9.35 Å². The standard InChI is InChI=1S/C12H10BrN3S2/c13-9-3-1-2-8(6-9)11-5-4-10(18-11)7-15-16-12(14)17/h1-7H,(H3,14,16,17). The van der Waals surface area contributed by atoms with E-state index >= 15 is 0 Å². The van der Waals surface area contributed by atoms with Crippen molar-refractivity contribution in [1.29, 1.82) is 0 Å². The van der Waals surface area contributed by atoms with Crippen molar-refractivity contribution in [1.82, 2.24) is 5.43 Å². The smallest absolute Gasteiger partial charge is 0.184 e. The molecule has 3 nitrogen and oxygen atoms in total. The number of benzene rings is 1. The minimum Gasteiger partial charge on any atom is -0.375 e. The number of nitrogens with one attached hydrogen (secondary N) is 1. The first kappa shape index (κ1) is 13.2. The Hall–Kier alpha value is -1.24. The van der Waals surface area contributed by atoms with Crippen LogP contribution in [-0.2, 0) is 0 Å². The first-order valence-electron chi connectivity index (χ1n) is 5.09. The number of rotatable bonds is 3. The third-order valence-corrected chi connectivity index (χ3v) is 3.76. The molecule has 0 saturated heterocycles. The SMILES string of the molecule is NC(=S)NN=Cc1ccc(-c2cccc(Br)c2)s1. The molecule has 1 aromatic carbocycles. The molecule has 1 aromatic heterocycles. The zero-order valence-electron chi connectivity index (χ0n) is 9.26. The number of hydrazone groups is 1. The van der Waals surface area contributed by atoms with Crippen LogP contribution in [0.3, 0.4) is 0 Å². The summed E-state index contributed by atoms with van der Waals surface area (Å²) in [6, 6.07) is 12.2. The zero-order chi connectivity index (χ0) is 13.0. The number of hydrogen-bond donors (Lipinski definition) is 2. The maximum atomic E-state index is 5.27. The molecule has 0 aliphatic rings. The largest absolute Gasteiger partial charge is 0.375 e. The van der Waals surface area contributed by atoms with Crippen molar-refractivity contribution < 1.29 is 0 Å². The summed E-state index contributed by atoms with van der Waals surface area (Å²) in [5.41, 5.74) is 8.98. The number of thiophene rings is 1. The Morgan fingerprint density at radius 1 is 1.39 bits per heavy atom.